The number of carbonyl (C=O) groups excluding carboxylic acids is 2. The molecule has 1 N–H and O–H groups in total. The predicted molar refractivity (Wildman–Crippen MR) is 134 cm³/mol. The average Bonchev–Trinajstić information content (AvgIpc) is 2.80. The first-order valence-corrected chi connectivity index (χ1v) is 13.1. The van der Waals surface area contributed by atoms with Crippen LogP contribution in [-0.2, 0) is 21.9 Å². The Labute approximate surface area is 209 Å². The van der Waals surface area contributed by atoms with Crippen LogP contribution in [0.5, 0.6) is 0 Å². The van der Waals surface area contributed by atoms with E-state index < -0.39 is 6.04 Å². The van der Waals surface area contributed by atoms with Gasteiger partial charge in [0.2, 0.25) is 11.8 Å². The zero-order chi connectivity index (χ0) is 23.8. The van der Waals surface area contributed by atoms with Crippen molar-refractivity contribution in [3.05, 3.63) is 69.5 Å². The van der Waals surface area contributed by atoms with E-state index in [0.717, 1.165) is 31.2 Å². The van der Waals surface area contributed by atoms with Gasteiger partial charge in [0, 0.05) is 33.9 Å². The van der Waals surface area contributed by atoms with Gasteiger partial charge >= 0.3 is 0 Å². The van der Waals surface area contributed by atoms with Gasteiger partial charge in [-0.1, -0.05) is 60.7 Å². The normalized spacial score (nSPS) is 15.2. The molecule has 0 spiro atoms. The first-order chi connectivity index (χ1) is 15.8. The molecule has 1 atom stereocenters. The quantitative estimate of drug-likeness (QED) is 0.434. The summed E-state index contributed by atoms with van der Waals surface area (Å²) in [4.78, 5) is 27.8. The number of nitrogens with one attached hydrogen (secondary N) is 1. The lowest BCUT2D eigenvalue weighted by molar-refractivity contribution is -0.139. The summed E-state index contributed by atoms with van der Waals surface area (Å²) in [5, 5.41) is 4.07. The molecule has 0 heterocycles. The summed E-state index contributed by atoms with van der Waals surface area (Å²) in [6, 6.07) is 11.3. The minimum absolute atomic E-state index is 0.110. The van der Waals surface area contributed by atoms with Gasteiger partial charge in [0.15, 0.2) is 0 Å². The molecule has 4 nitrogen and oxygen atoms in total. The van der Waals surface area contributed by atoms with Crippen LogP contribution in [0.2, 0.25) is 10.0 Å². The Morgan fingerprint density at radius 3 is 2.48 bits per heavy atom. The molecule has 0 aromatic heterocycles. The molecule has 1 saturated carbocycles. The lowest BCUT2D eigenvalue weighted by Crippen LogP contribution is -2.50. The summed E-state index contributed by atoms with van der Waals surface area (Å²) in [7, 11) is 0. The van der Waals surface area contributed by atoms with Gasteiger partial charge in [-0.15, -0.1) is 11.8 Å². The molecule has 33 heavy (non-hydrogen) atoms. The van der Waals surface area contributed by atoms with Crippen molar-refractivity contribution in [1.82, 2.24) is 10.2 Å². The van der Waals surface area contributed by atoms with E-state index in [1.54, 1.807) is 36.1 Å². The van der Waals surface area contributed by atoms with Crippen LogP contribution in [0, 0.1) is 5.82 Å². The molecule has 2 aromatic rings. The molecule has 0 aliphatic heterocycles. The van der Waals surface area contributed by atoms with Crippen LogP contribution in [0.1, 0.15) is 50.2 Å². The van der Waals surface area contributed by atoms with Gasteiger partial charge < -0.3 is 10.2 Å². The number of benzene rings is 2. The zero-order valence-electron chi connectivity index (χ0n) is 18.7. The van der Waals surface area contributed by atoms with Crippen LogP contribution in [0.15, 0.2) is 42.5 Å². The second-order valence-electron chi connectivity index (χ2n) is 8.36. The fourth-order valence-electron chi connectivity index (χ4n) is 3.93. The summed E-state index contributed by atoms with van der Waals surface area (Å²) in [6.07, 6.45) is 5.38. The highest BCUT2D eigenvalue weighted by molar-refractivity contribution is 7.99. The van der Waals surface area contributed by atoms with E-state index in [1.807, 2.05) is 12.1 Å². The highest BCUT2D eigenvalue weighted by Gasteiger charge is 2.28. The molecule has 0 bridgehead atoms. The van der Waals surface area contributed by atoms with Crippen LogP contribution >= 0.6 is 35.0 Å². The van der Waals surface area contributed by atoms with E-state index in [4.69, 9.17) is 23.2 Å². The summed E-state index contributed by atoms with van der Waals surface area (Å²) < 4.78 is 14.1. The van der Waals surface area contributed by atoms with E-state index in [0.29, 0.717) is 15.6 Å². The fourth-order valence-corrected chi connectivity index (χ4v) is 5.31. The van der Waals surface area contributed by atoms with Crippen LogP contribution in [0.4, 0.5) is 4.39 Å². The van der Waals surface area contributed by atoms with Crippen molar-refractivity contribution in [3.63, 3.8) is 0 Å². The maximum atomic E-state index is 14.1. The van der Waals surface area contributed by atoms with Crippen molar-refractivity contribution in [2.75, 3.05) is 5.75 Å². The fraction of sp³-hybridized carbons (Fsp3) is 0.440. The van der Waals surface area contributed by atoms with Gasteiger partial charge in [0.1, 0.15) is 11.9 Å². The van der Waals surface area contributed by atoms with Gasteiger partial charge in [-0.05, 0) is 49.6 Å². The molecule has 1 aliphatic carbocycles. The second kappa shape index (κ2) is 12.6. The largest absolute Gasteiger partial charge is 0.352 e. The number of hydrogen-bond donors (Lipinski definition) is 1. The number of rotatable bonds is 9. The molecule has 0 saturated heterocycles. The summed E-state index contributed by atoms with van der Waals surface area (Å²) in [5.74, 6) is -0.339. The summed E-state index contributed by atoms with van der Waals surface area (Å²) in [6.45, 7) is 2.04. The van der Waals surface area contributed by atoms with Gasteiger partial charge in [0.25, 0.3) is 0 Å². The third-order valence-electron chi connectivity index (χ3n) is 5.92. The number of carbonyl (C=O) groups is 2. The predicted octanol–water partition coefficient (Wildman–Crippen LogP) is 6.23. The Hall–Kier alpha value is -1.76. The summed E-state index contributed by atoms with van der Waals surface area (Å²) in [5.41, 5.74) is 1.26. The number of amides is 2. The molecule has 1 fully saturated rings. The zero-order valence-corrected chi connectivity index (χ0v) is 21.0. The highest BCUT2D eigenvalue weighted by Crippen LogP contribution is 2.25. The van der Waals surface area contributed by atoms with Gasteiger partial charge in [0.05, 0.1) is 5.75 Å². The van der Waals surface area contributed by atoms with Gasteiger partial charge in [-0.2, -0.15) is 0 Å². The number of halogens is 3. The van der Waals surface area contributed by atoms with Crippen molar-refractivity contribution < 1.29 is 14.0 Å². The highest BCUT2D eigenvalue weighted by atomic mass is 35.5. The van der Waals surface area contributed by atoms with Crippen molar-refractivity contribution in [3.8, 4) is 0 Å². The van der Waals surface area contributed by atoms with E-state index in [9.17, 15) is 14.0 Å². The number of thioether (sulfide) groups is 1. The SMILES string of the molecule is CC(C(=O)NC1CCCCC1)N(Cc1ccc(Cl)cc1)C(=O)CSCc1c(F)cccc1Cl. The molecule has 0 radical (unpaired) electrons. The minimum atomic E-state index is -0.632. The first-order valence-electron chi connectivity index (χ1n) is 11.2. The van der Waals surface area contributed by atoms with Crippen LogP contribution in [0.3, 0.4) is 0 Å². The standard InChI is InChI=1S/C25H29Cl2FN2O2S/c1-17(25(32)29-20-6-3-2-4-7-20)30(14-18-10-12-19(26)13-11-18)24(31)16-33-15-21-22(27)8-5-9-23(21)28/h5,8-13,17,20H,2-4,6-7,14-16H2,1H3,(H,29,32). The Morgan fingerprint density at radius 2 is 1.82 bits per heavy atom. The molecule has 1 aliphatic rings. The van der Waals surface area contributed by atoms with Crippen LogP contribution in [-0.4, -0.2) is 34.6 Å². The van der Waals surface area contributed by atoms with E-state index in [1.165, 1.54) is 24.2 Å². The minimum Gasteiger partial charge on any atom is -0.352 e. The molecule has 8 heteroatoms. The number of nitrogens with zero attached hydrogens (tertiary/aromatic N) is 1. The molecule has 2 aromatic carbocycles. The van der Waals surface area contributed by atoms with Crippen molar-refractivity contribution in [1.29, 1.82) is 0 Å². The topological polar surface area (TPSA) is 49.4 Å². The second-order valence-corrected chi connectivity index (χ2v) is 10.2. The maximum Gasteiger partial charge on any atom is 0.242 e. The lowest BCUT2D eigenvalue weighted by Gasteiger charge is -2.31. The Bertz CT molecular complexity index is 932. The average molecular weight is 511 g/mol. The van der Waals surface area contributed by atoms with E-state index in [-0.39, 0.29) is 41.7 Å². The monoisotopic (exact) mass is 510 g/mol. The van der Waals surface area contributed by atoms with Crippen LogP contribution in [0.25, 0.3) is 0 Å². The van der Waals surface area contributed by atoms with E-state index in [2.05, 4.69) is 5.32 Å². The first kappa shape index (κ1) is 25.9. The third kappa shape index (κ3) is 7.62. The van der Waals surface area contributed by atoms with Crippen molar-refractivity contribution in [2.24, 2.45) is 0 Å². The molecule has 178 valence electrons. The molecule has 3 rings (SSSR count). The Balaban J connectivity index is 1.67. The molecule has 1 unspecified atom stereocenters. The Morgan fingerprint density at radius 1 is 1.12 bits per heavy atom. The molecule has 2 amide bonds. The summed E-state index contributed by atoms with van der Waals surface area (Å²) >= 11 is 13.4. The van der Waals surface area contributed by atoms with Gasteiger partial charge in [-0.3, -0.25) is 9.59 Å². The van der Waals surface area contributed by atoms with Crippen LogP contribution < -0.4 is 5.32 Å². The molecular formula is C25H29Cl2FN2O2S. The van der Waals surface area contributed by atoms with E-state index >= 15 is 0 Å². The van der Waals surface area contributed by atoms with Crippen molar-refractivity contribution >= 4 is 46.8 Å². The lowest BCUT2D eigenvalue weighted by atomic mass is 9.95. The molecular weight excluding hydrogens is 482 g/mol. The third-order valence-corrected chi connectivity index (χ3v) is 7.47. The Kier molecular flexibility index (Phi) is 9.90. The van der Waals surface area contributed by atoms with Gasteiger partial charge in [-0.25, -0.2) is 4.39 Å². The maximum absolute atomic E-state index is 14.1. The smallest absolute Gasteiger partial charge is 0.242 e. The van der Waals surface area contributed by atoms with Crippen molar-refractivity contribution in [2.45, 2.75) is 63.4 Å². The number of hydrogen-bond acceptors (Lipinski definition) is 3.